The van der Waals surface area contributed by atoms with Crippen LogP contribution in [0, 0.1) is 17.8 Å². The molecule has 0 bridgehead atoms. The summed E-state index contributed by atoms with van der Waals surface area (Å²) in [6.07, 6.45) is 4.63. The predicted molar refractivity (Wildman–Crippen MR) is 74.4 cm³/mol. The molecule has 0 aromatic heterocycles. The van der Waals surface area contributed by atoms with Crippen LogP contribution in [0.3, 0.4) is 0 Å². The second-order valence-corrected chi connectivity index (χ2v) is 5.79. The van der Waals surface area contributed by atoms with E-state index in [-0.39, 0.29) is 23.5 Å². The minimum absolute atomic E-state index is 0.103. The number of aliphatic carboxylic acids is 1. The Morgan fingerprint density at radius 3 is 2.71 bits per heavy atom. The number of amides is 1. The Kier molecular flexibility index (Phi) is 4.77. The molecule has 0 saturated heterocycles. The fourth-order valence-corrected chi connectivity index (χ4v) is 3.30. The van der Waals surface area contributed by atoms with Crippen LogP contribution in [0.2, 0.25) is 0 Å². The number of hydrogen-bond donors (Lipinski definition) is 3. The summed E-state index contributed by atoms with van der Waals surface area (Å²) in [7, 11) is 0. The number of carbonyl (C=O) groups excluding carboxylic acids is 2. The Bertz CT molecular complexity index is 484. The average Bonchev–Trinajstić information content (AvgIpc) is 2.84. The number of nitrogens with one attached hydrogen (secondary N) is 1. The molecule has 2 rings (SSSR count). The van der Waals surface area contributed by atoms with Gasteiger partial charge in [0.05, 0.1) is 6.61 Å². The van der Waals surface area contributed by atoms with Gasteiger partial charge < -0.3 is 15.5 Å². The molecule has 1 amide bonds. The van der Waals surface area contributed by atoms with E-state index in [4.69, 9.17) is 10.2 Å². The lowest BCUT2D eigenvalue weighted by molar-refractivity contribution is -0.142. The quantitative estimate of drug-likeness (QED) is 0.685. The van der Waals surface area contributed by atoms with Crippen LogP contribution < -0.4 is 5.32 Å². The summed E-state index contributed by atoms with van der Waals surface area (Å²) < 4.78 is 0. The monoisotopic (exact) mass is 295 g/mol. The van der Waals surface area contributed by atoms with Crippen LogP contribution in [-0.2, 0) is 14.4 Å². The number of aliphatic hydroxyl groups excluding tert-OH is 1. The van der Waals surface area contributed by atoms with E-state index in [1.807, 2.05) is 13.0 Å². The zero-order valence-corrected chi connectivity index (χ0v) is 12.0. The van der Waals surface area contributed by atoms with E-state index in [1.54, 1.807) is 0 Å². The molecule has 0 radical (unpaired) electrons. The molecule has 1 saturated carbocycles. The molecule has 4 atom stereocenters. The Balaban J connectivity index is 2.19. The maximum absolute atomic E-state index is 12.3. The zero-order valence-electron chi connectivity index (χ0n) is 12.0. The van der Waals surface area contributed by atoms with Gasteiger partial charge in [-0.25, -0.2) is 4.79 Å². The van der Waals surface area contributed by atoms with Gasteiger partial charge in [-0.3, -0.25) is 9.59 Å². The summed E-state index contributed by atoms with van der Waals surface area (Å²) in [5, 5.41) is 20.2. The highest BCUT2D eigenvalue weighted by atomic mass is 16.4. The second kappa shape index (κ2) is 6.39. The third-order valence-corrected chi connectivity index (χ3v) is 4.54. The number of rotatable bonds is 5. The number of ketones is 1. The fourth-order valence-electron chi connectivity index (χ4n) is 3.30. The third kappa shape index (κ3) is 3.15. The molecule has 2 aliphatic rings. The van der Waals surface area contributed by atoms with Crippen LogP contribution in [-0.4, -0.2) is 40.5 Å². The minimum Gasteiger partial charge on any atom is -0.480 e. The van der Waals surface area contributed by atoms with Gasteiger partial charge in [0.15, 0.2) is 6.04 Å². The average molecular weight is 295 g/mol. The van der Waals surface area contributed by atoms with E-state index >= 15 is 0 Å². The highest BCUT2D eigenvalue weighted by Crippen LogP contribution is 2.43. The number of carbonyl (C=O) groups is 3. The first-order valence-corrected chi connectivity index (χ1v) is 7.36. The largest absolute Gasteiger partial charge is 0.480 e. The molecule has 21 heavy (non-hydrogen) atoms. The van der Waals surface area contributed by atoms with E-state index < -0.39 is 24.5 Å². The number of hydrogen-bond acceptors (Lipinski definition) is 4. The number of carboxylic acids is 1. The Labute approximate surface area is 123 Å². The van der Waals surface area contributed by atoms with Gasteiger partial charge in [-0.15, -0.1) is 0 Å². The molecule has 116 valence electrons. The topological polar surface area (TPSA) is 104 Å². The first-order chi connectivity index (χ1) is 9.97. The van der Waals surface area contributed by atoms with E-state index in [1.165, 1.54) is 0 Å². The summed E-state index contributed by atoms with van der Waals surface area (Å²) in [4.78, 5) is 35.2. The lowest BCUT2D eigenvalue weighted by atomic mass is 9.74. The highest BCUT2D eigenvalue weighted by molar-refractivity contribution is 5.98. The lowest BCUT2D eigenvalue weighted by Gasteiger charge is -2.30. The third-order valence-electron chi connectivity index (χ3n) is 4.54. The van der Waals surface area contributed by atoms with Crippen molar-refractivity contribution in [2.24, 2.45) is 17.8 Å². The van der Waals surface area contributed by atoms with E-state index in [0.29, 0.717) is 18.4 Å². The first-order valence-electron chi connectivity index (χ1n) is 7.36. The summed E-state index contributed by atoms with van der Waals surface area (Å²) in [5.41, 5.74) is 0.517. The first kappa shape index (κ1) is 15.7. The van der Waals surface area contributed by atoms with Crippen LogP contribution >= 0.6 is 0 Å². The van der Waals surface area contributed by atoms with Crippen molar-refractivity contribution in [3.63, 3.8) is 0 Å². The molecule has 0 aromatic rings. The summed E-state index contributed by atoms with van der Waals surface area (Å²) in [6.45, 7) is 1.35. The molecule has 0 spiro atoms. The van der Waals surface area contributed by atoms with Crippen LogP contribution in [0.5, 0.6) is 0 Å². The van der Waals surface area contributed by atoms with Crippen LogP contribution in [0.1, 0.15) is 32.6 Å². The van der Waals surface area contributed by atoms with Crippen molar-refractivity contribution in [3.05, 3.63) is 11.6 Å². The second-order valence-electron chi connectivity index (χ2n) is 5.79. The molecule has 2 aliphatic carbocycles. The number of fused-ring (bicyclic) bond motifs is 1. The van der Waals surface area contributed by atoms with Crippen molar-refractivity contribution in [2.75, 3.05) is 6.61 Å². The van der Waals surface area contributed by atoms with E-state index in [9.17, 15) is 14.4 Å². The van der Waals surface area contributed by atoms with Gasteiger partial charge in [0.2, 0.25) is 5.91 Å². The molecular weight excluding hydrogens is 274 g/mol. The lowest BCUT2D eigenvalue weighted by Crippen LogP contribution is -2.45. The van der Waals surface area contributed by atoms with Crippen LogP contribution in [0.25, 0.3) is 0 Å². The van der Waals surface area contributed by atoms with Crippen molar-refractivity contribution in [2.45, 2.75) is 38.6 Å². The van der Waals surface area contributed by atoms with Crippen LogP contribution in [0.4, 0.5) is 0 Å². The van der Waals surface area contributed by atoms with Gasteiger partial charge in [-0.2, -0.15) is 0 Å². The van der Waals surface area contributed by atoms with Gasteiger partial charge in [0, 0.05) is 17.9 Å². The predicted octanol–water partition coefficient (Wildman–Crippen LogP) is 0.500. The summed E-state index contributed by atoms with van der Waals surface area (Å²) in [6, 6.07) is -1.31. The van der Waals surface area contributed by atoms with Crippen molar-refractivity contribution in [3.8, 4) is 0 Å². The Morgan fingerprint density at radius 2 is 2.14 bits per heavy atom. The summed E-state index contributed by atoms with van der Waals surface area (Å²) >= 11 is 0. The molecule has 1 fully saturated rings. The molecule has 0 aliphatic heterocycles. The molecule has 0 aromatic carbocycles. The standard InChI is InChI=1S/C15H21NO5/c1-2-8-5-10-9(3-4-13(10)18)11(6-8)14(19)16-12(7-17)15(20)21/h6,8-10,12,17H,2-5,7H2,1H3,(H,16,19)(H,20,21). The van der Waals surface area contributed by atoms with Crippen molar-refractivity contribution in [1.29, 1.82) is 0 Å². The van der Waals surface area contributed by atoms with E-state index in [2.05, 4.69) is 5.32 Å². The number of Topliss-reactive ketones (excluding diaryl/α,β-unsaturated/α-hetero) is 1. The molecule has 6 heteroatoms. The molecular formula is C15H21NO5. The molecule has 6 nitrogen and oxygen atoms in total. The maximum Gasteiger partial charge on any atom is 0.328 e. The Hall–Kier alpha value is -1.69. The molecule has 4 unspecified atom stereocenters. The number of aliphatic hydroxyl groups is 1. The van der Waals surface area contributed by atoms with Gasteiger partial charge in [0.1, 0.15) is 5.78 Å². The summed E-state index contributed by atoms with van der Waals surface area (Å²) in [5.74, 6) is -1.58. The Morgan fingerprint density at radius 1 is 1.43 bits per heavy atom. The van der Waals surface area contributed by atoms with Gasteiger partial charge in [-0.1, -0.05) is 13.0 Å². The molecule has 0 heterocycles. The SMILES string of the molecule is CCC1C=C(C(=O)NC(CO)C(=O)O)C2CCC(=O)C2C1. The highest BCUT2D eigenvalue weighted by Gasteiger charge is 2.42. The van der Waals surface area contributed by atoms with Gasteiger partial charge in [0.25, 0.3) is 0 Å². The minimum atomic E-state index is -1.31. The number of carboxylic acid groups (broad SMARTS) is 1. The normalized spacial score (nSPS) is 29.5. The van der Waals surface area contributed by atoms with Gasteiger partial charge >= 0.3 is 5.97 Å². The van der Waals surface area contributed by atoms with Crippen LogP contribution in [0.15, 0.2) is 11.6 Å². The fraction of sp³-hybridized carbons (Fsp3) is 0.667. The number of allylic oxidation sites excluding steroid dienone is 1. The van der Waals surface area contributed by atoms with Gasteiger partial charge in [-0.05, 0) is 31.1 Å². The molecule has 3 N–H and O–H groups in total. The van der Waals surface area contributed by atoms with E-state index in [0.717, 1.165) is 12.8 Å². The maximum atomic E-state index is 12.3. The smallest absolute Gasteiger partial charge is 0.328 e. The van der Waals surface area contributed by atoms with Crippen molar-refractivity contribution >= 4 is 17.7 Å². The zero-order chi connectivity index (χ0) is 15.6. The van der Waals surface area contributed by atoms with Crippen molar-refractivity contribution < 1.29 is 24.6 Å². The van der Waals surface area contributed by atoms with Crippen molar-refractivity contribution in [1.82, 2.24) is 5.32 Å².